The Bertz CT molecular complexity index is 1100. The molecule has 0 aliphatic carbocycles. The molecule has 0 atom stereocenters. The Balaban J connectivity index is 1.76. The second-order valence-corrected chi connectivity index (χ2v) is 7.26. The van der Waals surface area contributed by atoms with E-state index in [1.807, 2.05) is 24.4 Å². The molecule has 1 aliphatic heterocycles. The van der Waals surface area contributed by atoms with E-state index >= 15 is 0 Å². The average Bonchev–Trinajstić information content (AvgIpc) is 2.74. The van der Waals surface area contributed by atoms with Crippen LogP contribution in [0.3, 0.4) is 0 Å². The molecule has 0 unspecified atom stereocenters. The van der Waals surface area contributed by atoms with Gasteiger partial charge in [-0.1, -0.05) is 31.6 Å². The number of fused-ring (bicyclic) bond motifs is 1. The fraction of sp³-hybridized carbons (Fsp3) is 0.292. The summed E-state index contributed by atoms with van der Waals surface area (Å²) in [6, 6.07) is 14.1. The smallest absolute Gasteiger partial charge is 0.255 e. The van der Waals surface area contributed by atoms with Crippen LogP contribution in [0.2, 0.25) is 0 Å². The lowest BCUT2D eigenvalue weighted by Crippen LogP contribution is -2.20. The van der Waals surface area contributed by atoms with E-state index in [1.165, 1.54) is 11.1 Å². The van der Waals surface area contributed by atoms with Crippen molar-refractivity contribution in [3.63, 3.8) is 0 Å². The van der Waals surface area contributed by atoms with E-state index in [1.54, 1.807) is 17.6 Å². The zero-order chi connectivity index (χ0) is 19.5. The molecule has 4 rings (SSSR count). The van der Waals surface area contributed by atoms with Crippen LogP contribution in [0.1, 0.15) is 30.9 Å². The van der Waals surface area contributed by atoms with E-state index in [2.05, 4.69) is 36.5 Å². The van der Waals surface area contributed by atoms with Gasteiger partial charge in [-0.05, 0) is 71.5 Å². The maximum absolute atomic E-state index is 12.8. The van der Waals surface area contributed by atoms with Crippen molar-refractivity contribution in [2.75, 3.05) is 20.2 Å². The van der Waals surface area contributed by atoms with E-state index < -0.39 is 0 Å². The van der Waals surface area contributed by atoms with Gasteiger partial charge in [-0.25, -0.2) is 0 Å². The van der Waals surface area contributed by atoms with Crippen molar-refractivity contribution in [2.45, 2.75) is 26.2 Å². The molecule has 0 bridgehead atoms. The van der Waals surface area contributed by atoms with Gasteiger partial charge in [0.25, 0.3) is 5.56 Å². The molecule has 0 amide bonds. The largest absolute Gasteiger partial charge is 0.496 e. The molecule has 4 nitrogen and oxygen atoms in total. The summed E-state index contributed by atoms with van der Waals surface area (Å²) in [6.45, 7) is 4.03. The number of aryl methyl sites for hydroxylation is 1. The normalized spacial score (nSPS) is 14.1. The molecule has 1 N–H and O–H groups in total. The first kappa shape index (κ1) is 18.5. The van der Waals surface area contributed by atoms with Gasteiger partial charge in [-0.2, -0.15) is 0 Å². The summed E-state index contributed by atoms with van der Waals surface area (Å²) in [5.41, 5.74) is 6.50. The molecule has 0 saturated carbocycles. The van der Waals surface area contributed by atoms with E-state index in [4.69, 9.17) is 4.74 Å². The van der Waals surface area contributed by atoms with Crippen molar-refractivity contribution in [1.29, 1.82) is 0 Å². The summed E-state index contributed by atoms with van der Waals surface area (Å²) in [6.07, 6.45) is 7.17. The molecular formula is C24H26N2O2. The van der Waals surface area contributed by atoms with E-state index in [9.17, 15) is 4.79 Å². The number of benzene rings is 1. The van der Waals surface area contributed by atoms with Crippen LogP contribution < -0.4 is 15.6 Å². The van der Waals surface area contributed by atoms with Gasteiger partial charge in [-0.3, -0.25) is 9.20 Å². The van der Waals surface area contributed by atoms with Crippen molar-refractivity contribution < 1.29 is 4.74 Å². The van der Waals surface area contributed by atoms with Crippen LogP contribution in [0.5, 0.6) is 5.75 Å². The van der Waals surface area contributed by atoms with Crippen molar-refractivity contribution in [3.8, 4) is 16.9 Å². The van der Waals surface area contributed by atoms with Gasteiger partial charge in [-0.15, -0.1) is 0 Å². The van der Waals surface area contributed by atoms with Crippen molar-refractivity contribution in [1.82, 2.24) is 9.72 Å². The van der Waals surface area contributed by atoms with Gasteiger partial charge >= 0.3 is 0 Å². The highest BCUT2D eigenvalue weighted by atomic mass is 16.5. The van der Waals surface area contributed by atoms with E-state index in [-0.39, 0.29) is 5.56 Å². The maximum atomic E-state index is 12.8. The lowest BCUT2D eigenvalue weighted by atomic mass is 9.99. The molecule has 3 heterocycles. The van der Waals surface area contributed by atoms with Gasteiger partial charge < -0.3 is 10.1 Å². The Morgan fingerprint density at radius 1 is 1.07 bits per heavy atom. The molecule has 0 spiro atoms. The standard InChI is InChI=1S/C24H26N2O2/c1-3-4-19-13-18(6-8-23(19)28-2)21-14-22-7-5-20(16-26(22)24(27)15-21)17-9-11-25-12-10-17/h5-9,13-16,25H,3-4,10-12H2,1-2H3. The van der Waals surface area contributed by atoms with Gasteiger partial charge in [0.15, 0.2) is 0 Å². The van der Waals surface area contributed by atoms with Crippen molar-refractivity contribution >= 4 is 11.1 Å². The molecule has 3 aromatic rings. The molecule has 2 aromatic heterocycles. The molecule has 144 valence electrons. The summed E-state index contributed by atoms with van der Waals surface area (Å²) < 4.78 is 7.23. The van der Waals surface area contributed by atoms with Crippen LogP contribution in [0.4, 0.5) is 0 Å². The first-order chi connectivity index (χ1) is 13.7. The number of ether oxygens (including phenoxy) is 1. The van der Waals surface area contributed by atoms with Gasteiger partial charge in [0.1, 0.15) is 5.75 Å². The Morgan fingerprint density at radius 3 is 2.68 bits per heavy atom. The first-order valence-corrected chi connectivity index (χ1v) is 9.93. The highest BCUT2D eigenvalue weighted by Gasteiger charge is 2.10. The number of methoxy groups -OCH3 is 1. The summed E-state index contributed by atoms with van der Waals surface area (Å²) in [5.74, 6) is 0.906. The molecule has 0 fully saturated rings. The summed E-state index contributed by atoms with van der Waals surface area (Å²) in [5, 5.41) is 3.33. The fourth-order valence-electron chi connectivity index (χ4n) is 3.89. The number of hydrogen-bond donors (Lipinski definition) is 1. The number of pyridine rings is 2. The lowest BCUT2D eigenvalue weighted by Gasteiger charge is -2.15. The van der Waals surface area contributed by atoms with Crippen LogP contribution in [0, 0.1) is 0 Å². The Labute approximate surface area is 165 Å². The molecule has 0 saturated heterocycles. The minimum absolute atomic E-state index is 0.00301. The lowest BCUT2D eigenvalue weighted by molar-refractivity contribution is 0.409. The maximum Gasteiger partial charge on any atom is 0.255 e. The number of aromatic nitrogens is 1. The van der Waals surface area contributed by atoms with Crippen molar-refractivity contribution in [2.24, 2.45) is 0 Å². The molecular weight excluding hydrogens is 348 g/mol. The zero-order valence-corrected chi connectivity index (χ0v) is 16.5. The predicted octanol–water partition coefficient (Wildman–Crippen LogP) is 4.30. The second-order valence-electron chi connectivity index (χ2n) is 7.26. The third-order valence-corrected chi connectivity index (χ3v) is 5.37. The fourth-order valence-corrected chi connectivity index (χ4v) is 3.89. The van der Waals surface area contributed by atoms with Crippen LogP contribution in [-0.2, 0) is 6.42 Å². The SMILES string of the molecule is CCCc1cc(-c2cc(=O)n3cc(C4=CCNCC4)ccc3c2)ccc1OC. The molecule has 1 aromatic carbocycles. The van der Waals surface area contributed by atoms with Crippen LogP contribution in [0.15, 0.2) is 59.5 Å². The third kappa shape index (κ3) is 3.60. The minimum atomic E-state index is -0.00301. The van der Waals surface area contributed by atoms with Crippen molar-refractivity contribution in [3.05, 3.63) is 76.2 Å². The van der Waals surface area contributed by atoms with E-state index in [0.29, 0.717) is 0 Å². The van der Waals surface area contributed by atoms with Gasteiger partial charge in [0.2, 0.25) is 0 Å². The third-order valence-electron chi connectivity index (χ3n) is 5.37. The zero-order valence-electron chi connectivity index (χ0n) is 16.5. The van der Waals surface area contributed by atoms with Gasteiger partial charge in [0.05, 0.1) is 7.11 Å². The molecule has 28 heavy (non-hydrogen) atoms. The highest BCUT2D eigenvalue weighted by Crippen LogP contribution is 2.28. The number of nitrogens with one attached hydrogen (secondary N) is 1. The average molecular weight is 374 g/mol. The summed E-state index contributed by atoms with van der Waals surface area (Å²) in [7, 11) is 1.70. The summed E-state index contributed by atoms with van der Waals surface area (Å²) in [4.78, 5) is 12.8. The van der Waals surface area contributed by atoms with Crippen LogP contribution in [-0.4, -0.2) is 24.6 Å². The highest BCUT2D eigenvalue weighted by molar-refractivity contribution is 5.72. The van der Waals surface area contributed by atoms with Crippen LogP contribution in [0.25, 0.3) is 22.2 Å². The molecule has 1 aliphatic rings. The Hall–Kier alpha value is -2.85. The Kier molecular flexibility index (Phi) is 5.31. The quantitative estimate of drug-likeness (QED) is 0.724. The molecule has 0 radical (unpaired) electrons. The Morgan fingerprint density at radius 2 is 1.93 bits per heavy atom. The predicted molar refractivity (Wildman–Crippen MR) is 115 cm³/mol. The van der Waals surface area contributed by atoms with Gasteiger partial charge in [0, 0.05) is 24.3 Å². The summed E-state index contributed by atoms with van der Waals surface area (Å²) >= 11 is 0. The number of hydrogen-bond acceptors (Lipinski definition) is 3. The number of rotatable bonds is 5. The minimum Gasteiger partial charge on any atom is -0.496 e. The second kappa shape index (κ2) is 8.03. The first-order valence-electron chi connectivity index (χ1n) is 9.93. The van der Waals surface area contributed by atoms with Crippen LogP contribution >= 0.6 is 0 Å². The topological polar surface area (TPSA) is 42.7 Å². The number of nitrogens with zero attached hydrogens (tertiary/aromatic N) is 1. The monoisotopic (exact) mass is 374 g/mol. The van der Waals surface area contributed by atoms with E-state index in [0.717, 1.165) is 60.3 Å². The molecule has 4 heteroatoms.